The fourth-order valence-corrected chi connectivity index (χ4v) is 3.28. The van der Waals surface area contributed by atoms with Gasteiger partial charge in [0.2, 0.25) is 10.0 Å². The van der Waals surface area contributed by atoms with E-state index in [0.29, 0.717) is 9.90 Å². The van der Waals surface area contributed by atoms with Crippen molar-refractivity contribution in [1.82, 2.24) is 4.31 Å². The fourth-order valence-electron chi connectivity index (χ4n) is 1.40. The number of sulfonamides is 1. The number of nitrogens with zero attached hydrogens (tertiary/aromatic N) is 1. The third-order valence-corrected chi connectivity index (χ3v) is 5.03. The number of nitrogen functional groups attached to an aromatic ring is 1. The van der Waals surface area contributed by atoms with Crippen LogP contribution >= 0.6 is 21.2 Å². The molecule has 17 heavy (non-hydrogen) atoms. The van der Waals surface area contributed by atoms with Gasteiger partial charge in [0.05, 0.1) is 9.90 Å². The predicted octanol–water partition coefficient (Wildman–Crippen LogP) is 1.79. The summed E-state index contributed by atoms with van der Waals surface area (Å²) in [6, 6.07) is 6.88. The van der Waals surface area contributed by atoms with Gasteiger partial charge < -0.3 is 5.73 Å². The molecule has 0 saturated carbocycles. The summed E-state index contributed by atoms with van der Waals surface area (Å²) in [4.78, 5) is 0.298. The molecule has 1 unspecified atom stereocenters. The lowest BCUT2D eigenvalue weighted by Gasteiger charge is -2.10. The van der Waals surface area contributed by atoms with Gasteiger partial charge in [-0.2, -0.15) is 9.90 Å². The topological polar surface area (TPSA) is 63.4 Å². The summed E-state index contributed by atoms with van der Waals surface area (Å²) in [7, 11) is -0.328. The zero-order valence-electron chi connectivity index (χ0n) is 9.67. The number of nitrogens with two attached hydrogens (primary N) is 1. The summed E-state index contributed by atoms with van der Waals surface area (Å²) < 4.78 is 25.9. The van der Waals surface area contributed by atoms with Crippen LogP contribution in [-0.4, -0.2) is 26.8 Å². The van der Waals surface area contributed by atoms with Crippen molar-refractivity contribution in [3.63, 3.8) is 0 Å². The van der Waals surface area contributed by atoms with Crippen LogP contribution in [0.15, 0.2) is 29.2 Å². The Balaban J connectivity index is 0.00000144. The Kier molecular flexibility index (Phi) is 4.15. The van der Waals surface area contributed by atoms with E-state index < -0.39 is 10.0 Å². The molecule has 2 rings (SSSR count). The van der Waals surface area contributed by atoms with Crippen LogP contribution in [0.1, 0.15) is 0 Å². The molecule has 1 heterocycles. The summed E-state index contributed by atoms with van der Waals surface area (Å²) in [5.74, 6) is 0. The lowest BCUT2D eigenvalue weighted by Crippen LogP contribution is -2.22. The van der Waals surface area contributed by atoms with E-state index in [0.717, 1.165) is 10.1 Å². The number of fused-ring (bicyclic) bond motifs is 1. The van der Waals surface area contributed by atoms with E-state index in [9.17, 15) is 8.42 Å². The molecule has 94 valence electrons. The minimum absolute atomic E-state index is 0. The van der Waals surface area contributed by atoms with Crippen LogP contribution < -0.4 is 5.73 Å². The van der Waals surface area contributed by atoms with Crippen molar-refractivity contribution in [2.75, 3.05) is 19.8 Å². The van der Waals surface area contributed by atoms with E-state index in [2.05, 4.69) is 0 Å². The third kappa shape index (κ3) is 2.60. The molecule has 4 nitrogen and oxygen atoms in total. The second-order valence-electron chi connectivity index (χ2n) is 3.64. The standard InChI is InChI=1S/C10H12N2O2S2.H3P/c1-12(2)16(13,14)8-4-3-7-5-10(11)15-9(7)6-8;/h3-6H,11H2,1-2H3;1H3. The second-order valence-corrected chi connectivity index (χ2v) is 6.90. The quantitative estimate of drug-likeness (QED) is 0.858. The van der Waals surface area contributed by atoms with Gasteiger partial charge in [0.25, 0.3) is 0 Å². The molecule has 2 aromatic rings. The summed E-state index contributed by atoms with van der Waals surface area (Å²) in [6.45, 7) is 0. The molecular weight excluding hydrogens is 275 g/mol. The lowest BCUT2D eigenvalue weighted by atomic mass is 10.3. The van der Waals surface area contributed by atoms with Crippen LogP contribution in [0.4, 0.5) is 5.00 Å². The second kappa shape index (κ2) is 4.90. The minimum Gasteiger partial charge on any atom is -0.391 e. The van der Waals surface area contributed by atoms with Gasteiger partial charge in [0, 0.05) is 18.8 Å². The van der Waals surface area contributed by atoms with E-state index in [1.54, 1.807) is 18.2 Å². The molecule has 0 saturated heterocycles. The molecular formula is C10H15N2O2PS2. The highest BCUT2D eigenvalue weighted by atomic mass is 32.2. The zero-order chi connectivity index (χ0) is 11.9. The predicted molar refractivity (Wildman–Crippen MR) is 78.2 cm³/mol. The van der Waals surface area contributed by atoms with E-state index in [4.69, 9.17) is 5.73 Å². The van der Waals surface area contributed by atoms with Gasteiger partial charge in [-0.15, -0.1) is 11.3 Å². The molecule has 1 aromatic heterocycles. The van der Waals surface area contributed by atoms with Crippen molar-refractivity contribution in [3.05, 3.63) is 24.3 Å². The average Bonchev–Trinajstić information content (AvgIpc) is 2.56. The van der Waals surface area contributed by atoms with Crippen LogP contribution in [0.3, 0.4) is 0 Å². The van der Waals surface area contributed by atoms with Crippen molar-refractivity contribution in [2.45, 2.75) is 4.90 Å². The molecule has 0 aliphatic heterocycles. The van der Waals surface area contributed by atoms with Crippen molar-refractivity contribution >= 4 is 46.3 Å². The Morgan fingerprint density at radius 2 is 1.88 bits per heavy atom. The van der Waals surface area contributed by atoms with E-state index in [1.807, 2.05) is 6.07 Å². The van der Waals surface area contributed by atoms with Gasteiger partial charge in [-0.1, -0.05) is 6.07 Å². The van der Waals surface area contributed by atoms with Gasteiger partial charge in [0.1, 0.15) is 0 Å². The Bertz CT molecular complexity index is 635. The summed E-state index contributed by atoms with van der Waals surface area (Å²) in [5.41, 5.74) is 5.67. The SMILES string of the molecule is CN(C)S(=O)(=O)c1ccc2cc(N)sc2c1.P. The molecule has 0 aliphatic rings. The van der Waals surface area contributed by atoms with Gasteiger partial charge in [-0.25, -0.2) is 12.7 Å². The Morgan fingerprint density at radius 3 is 2.47 bits per heavy atom. The highest BCUT2D eigenvalue weighted by Crippen LogP contribution is 2.29. The van der Waals surface area contributed by atoms with Crippen molar-refractivity contribution in [1.29, 1.82) is 0 Å². The monoisotopic (exact) mass is 290 g/mol. The molecule has 0 spiro atoms. The largest absolute Gasteiger partial charge is 0.391 e. The normalized spacial score (nSPS) is 11.7. The molecule has 1 aromatic carbocycles. The van der Waals surface area contributed by atoms with Crippen LogP contribution in [0.2, 0.25) is 0 Å². The molecule has 0 bridgehead atoms. The van der Waals surface area contributed by atoms with Gasteiger partial charge in [-0.05, 0) is 23.6 Å². The molecule has 0 fully saturated rings. The van der Waals surface area contributed by atoms with Crippen LogP contribution in [0.25, 0.3) is 10.1 Å². The maximum Gasteiger partial charge on any atom is 0.242 e. The van der Waals surface area contributed by atoms with Crippen LogP contribution in [0.5, 0.6) is 0 Å². The van der Waals surface area contributed by atoms with Crippen molar-refractivity contribution in [3.8, 4) is 0 Å². The third-order valence-electron chi connectivity index (χ3n) is 2.29. The van der Waals surface area contributed by atoms with Gasteiger partial charge in [-0.3, -0.25) is 0 Å². The van der Waals surface area contributed by atoms with E-state index in [-0.39, 0.29) is 9.90 Å². The summed E-state index contributed by atoms with van der Waals surface area (Å²) in [5, 5.41) is 1.66. The highest BCUT2D eigenvalue weighted by Gasteiger charge is 2.17. The smallest absolute Gasteiger partial charge is 0.242 e. The Hall–Kier alpha value is -0.680. The first-order valence-electron chi connectivity index (χ1n) is 4.63. The van der Waals surface area contributed by atoms with Crippen LogP contribution in [-0.2, 0) is 10.0 Å². The molecule has 0 amide bonds. The van der Waals surface area contributed by atoms with Gasteiger partial charge >= 0.3 is 0 Å². The molecule has 1 atom stereocenters. The molecule has 0 aliphatic carbocycles. The first kappa shape index (κ1) is 14.4. The lowest BCUT2D eigenvalue weighted by molar-refractivity contribution is 0.521. The summed E-state index contributed by atoms with van der Waals surface area (Å²) >= 11 is 1.39. The number of hydrogen-bond acceptors (Lipinski definition) is 4. The van der Waals surface area contributed by atoms with E-state index >= 15 is 0 Å². The maximum atomic E-state index is 11.9. The maximum absolute atomic E-state index is 11.9. The highest BCUT2D eigenvalue weighted by molar-refractivity contribution is 7.89. The minimum atomic E-state index is -3.36. The van der Waals surface area contributed by atoms with E-state index in [1.165, 1.54) is 29.7 Å². The van der Waals surface area contributed by atoms with Crippen molar-refractivity contribution < 1.29 is 8.42 Å². The number of thiophene rings is 1. The summed E-state index contributed by atoms with van der Waals surface area (Å²) in [6.07, 6.45) is 0. The molecule has 2 N–H and O–H groups in total. The first-order chi connectivity index (χ1) is 7.41. The fraction of sp³-hybridized carbons (Fsp3) is 0.200. The number of benzene rings is 1. The molecule has 7 heteroatoms. The van der Waals surface area contributed by atoms with Crippen LogP contribution in [0, 0.1) is 0 Å². The van der Waals surface area contributed by atoms with Gasteiger partial charge in [0.15, 0.2) is 0 Å². The number of rotatable bonds is 2. The Morgan fingerprint density at radius 1 is 1.24 bits per heavy atom. The first-order valence-corrected chi connectivity index (χ1v) is 6.88. The van der Waals surface area contributed by atoms with Crippen molar-refractivity contribution in [2.24, 2.45) is 0 Å². The molecule has 0 radical (unpaired) electrons. The zero-order valence-corrected chi connectivity index (χ0v) is 12.7. The average molecular weight is 290 g/mol. The Labute approximate surface area is 108 Å². The number of hydrogen-bond donors (Lipinski definition) is 1. The number of anilines is 1.